The molecule has 47 heavy (non-hydrogen) atoms. The van der Waals surface area contributed by atoms with Crippen LogP contribution in [0.25, 0.3) is 43.6 Å². The van der Waals surface area contributed by atoms with E-state index in [1.165, 1.54) is 22.3 Å². The highest BCUT2D eigenvalue weighted by atomic mass is 32.1. The van der Waals surface area contributed by atoms with Gasteiger partial charge in [-0.15, -0.1) is 11.3 Å². The second-order valence-electron chi connectivity index (χ2n) is 12.4. The Bertz CT molecular complexity index is 2250. The van der Waals surface area contributed by atoms with E-state index in [4.69, 9.17) is 4.98 Å². The molecule has 0 N–H and O–H groups in total. The molecule has 1 aliphatic rings. The molecule has 2 nitrogen and oxygen atoms in total. The standard InChI is InChI=1S/C44H36N2S/c1-7-32-15-11-12-18-36(32)31(4)29(2)21-22-30(3)46(34-23-25-38-37-19-13-14-20-39(37)44(5,6)40(38)27-34)35-24-26-42-41(28-35)45-43(47-42)33-16-9-8-10-17-33/h7-28H,1-4H2,5-6H3/b22-21-. The van der Waals surface area contributed by atoms with Gasteiger partial charge in [0.05, 0.1) is 10.2 Å². The van der Waals surface area contributed by atoms with Gasteiger partial charge in [-0.25, -0.2) is 4.98 Å². The Labute approximate surface area is 281 Å². The lowest BCUT2D eigenvalue weighted by molar-refractivity contribution is 0.660. The topological polar surface area (TPSA) is 16.1 Å². The average molecular weight is 625 g/mol. The van der Waals surface area contributed by atoms with E-state index >= 15 is 0 Å². The molecule has 7 rings (SSSR count). The molecule has 0 saturated carbocycles. The van der Waals surface area contributed by atoms with Crippen LogP contribution in [0.1, 0.15) is 36.1 Å². The van der Waals surface area contributed by atoms with Crippen LogP contribution in [-0.2, 0) is 5.41 Å². The fourth-order valence-electron chi connectivity index (χ4n) is 6.57. The molecule has 0 radical (unpaired) electrons. The van der Waals surface area contributed by atoms with E-state index < -0.39 is 0 Å². The second-order valence-corrected chi connectivity index (χ2v) is 13.4. The van der Waals surface area contributed by atoms with Crippen molar-refractivity contribution < 1.29 is 0 Å². The van der Waals surface area contributed by atoms with Crippen LogP contribution in [0, 0.1) is 0 Å². The molecule has 0 atom stereocenters. The van der Waals surface area contributed by atoms with Gasteiger partial charge in [-0.2, -0.15) is 0 Å². The van der Waals surface area contributed by atoms with E-state index in [1.54, 1.807) is 11.3 Å². The van der Waals surface area contributed by atoms with Gasteiger partial charge in [0.1, 0.15) is 5.01 Å². The van der Waals surface area contributed by atoms with Gasteiger partial charge in [0.2, 0.25) is 0 Å². The monoisotopic (exact) mass is 624 g/mol. The third-order valence-electron chi connectivity index (χ3n) is 9.13. The van der Waals surface area contributed by atoms with Gasteiger partial charge in [0.25, 0.3) is 0 Å². The number of aromatic nitrogens is 1. The zero-order valence-corrected chi connectivity index (χ0v) is 27.6. The maximum Gasteiger partial charge on any atom is 0.124 e. The molecule has 0 aliphatic heterocycles. The second kappa shape index (κ2) is 12.0. The van der Waals surface area contributed by atoms with Gasteiger partial charge in [-0.3, -0.25) is 0 Å². The minimum atomic E-state index is -0.126. The van der Waals surface area contributed by atoms with E-state index in [-0.39, 0.29) is 5.41 Å². The summed E-state index contributed by atoms with van der Waals surface area (Å²) in [5.74, 6) is 0. The van der Waals surface area contributed by atoms with Crippen molar-refractivity contribution in [2.75, 3.05) is 4.90 Å². The highest BCUT2D eigenvalue weighted by molar-refractivity contribution is 7.21. The molecule has 3 heteroatoms. The van der Waals surface area contributed by atoms with E-state index in [9.17, 15) is 0 Å². The molecule has 1 aliphatic carbocycles. The number of hydrogen-bond acceptors (Lipinski definition) is 3. The maximum atomic E-state index is 5.04. The van der Waals surface area contributed by atoms with Gasteiger partial charge in [-0.05, 0) is 80.9 Å². The van der Waals surface area contributed by atoms with Crippen molar-refractivity contribution in [2.45, 2.75) is 19.3 Å². The molecule has 0 bridgehead atoms. The Morgan fingerprint density at radius 2 is 1.40 bits per heavy atom. The lowest BCUT2D eigenvalue weighted by atomic mass is 9.82. The normalized spacial score (nSPS) is 12.9. The molecular weight excluding hydrogens is 589 g/mol. The molecule has 0 amide bonds. The molecule has 1 heterocycles. The van der Waals surface area contributed by atoms with Crippen LogP contribution in [0.3, 0.4) is 0 Å². The van der Waals surface area contributed by atoms with Crippen LogP contribution in [0.5, 0.6) is 0 Å². The summed E-state index contributed by atoms with van der Waals surface area (Å²) in [6, 6.07) is 40.5. The largest absolute Gasteiger partial charge is 0.311 e. The quantitative estimate of drug-likeness (QED) is 0.149. The smallest absolute Gasteiger partial charge is 0.124 e. The predicted molar refractivity (Wildman–Crippen MR) is 204 cm³/mol. The average Bonchev–Trinajstić information content (AvgIpc) is 3.63. The van der Waals surface area contributed by atoms with Crippen molar-refractivity contribution in [1.29, 1.82) is 0 Å². The predicted octanol–water partition coefficient (Wildman–Crippen LogP) is 12.4. The summed E-state index contributed by atoms with van der Waals surface area (Å²) in [6.07, 6.45) is 5.88. The summed E-state index contributed by atoms with van der Waals surface area (Å²) < 4.78 is 1.14. The van der Waals surface area contributed by atoms with Crippen molar-refractivity contribution >= 4 is 44.6 Å². The summed E-state index contributed by atoms with van der Waals surface area (Å²) in [4.78, 5) is 7.26. The molecule has 0 saturated heterocycles. The number of rotatable bonds is 9. The van der Waals surface area contributed by atoms with Crippen molar-refractivity contribution in [2.24, 2.45) is 0 Å². The first-order valence-corrected chi connectivity index (χ1v) is 16.6. The Morgan fingerprint density at radius 3 is 2.21 bits per heavy atom. The van der Waals surface area contributed by atoms with E-state index in [0.717, 1.165) is 60.1 Å². The Kier molecular flexibility index (Phi) is 7.71. The maximum absolute atomic E-state index is 5.04. The molecule has 228 valence electrons. The summed E-state index contributed by atoms with van der Waals surface area (Å²) in [7, 11) is 0. The van der Waals surface area contributed by atoms with Gasteiger partial charge in [-0.1, -0.05) is 137 Å². The van der Waals surface area contributed by atoms with Gasteiger partial charge < -0.3 is 4.90 Å². The van der Waals surface area contributed by atoms with Crippen LogP contribution in [0.2, 0.25) is 0 Å². The molecule has 1 aromatic heterocycles. The molecule has 0 spiro atoms. The highest BCUT2D eigenvalue weighted by Crippen LogP contribution is 2.50. The first kappa shape index (κ1) is 30.2. The summed E-state index contributed by atoms with van der Waals surface area (Å²) in [5, 5.41) is 1.01. The molecular formula is C44H36N2S. The van der Waals surface area contributed by atoms with E-state index in [0.29, 0.717) is 0 Å². The Morgan fingerprint density at radius 1 is 0.723 bits per heavy atom. The number of fused-ring (bicyclic) bond motifs is 4. The number of thiazole rings is 1. The van der Waals surface area contributed by atoms with E-state index in [2.05, 4.69) is 136 Å². The first-order chi connectivity index (χ1) is 22.8. The fraction of sp³-hybridized carbons (Fsp3) is 0.0682. The number of nitrogens with zero attached hydrogens (tertiary/aromatic N) is 2. The van der Waals surface area contributed by atoms with Crippen molar-refractivity contribution in [3.05, 3.63) is 187 Å². The van der Waals surface area contributed by atoms with Crippen molar-refractivity contribution in [3.8, 4) is 21.7 Å². The van der Waals surface area contributed by atoms with Crippen molar-refractivity contribution in [3.63, 3.8) is 0 Å². The minimum Gasteiger partial charge on any atom is -0.311 e. The first-order valence-electron chi connectivity index (χ1n) is 15.7. The minimum absolute atomic E-state index is 0.126. The van der Waals surface area contributed by atoms with Gasteiger partial charge in [0.15, 0.2) is 0 Å². The van der Waals surface area contributed by atoms with Crippen LogP contribution < -0.4 is 4.90 Å². The zero-order valence-electron chi connectivity index (χ0n) is 26.8. The fourth-order valence-corrected chi connectivity index (χ4v) is 7.52. The molecule has 5 aromatic carbocycles. The number of benzene rings is 5. The lowest BCUT2D eigenvalue weighted by Crippen LogP contribution is -2.18. The number of anilines is 2. The van der Waals surface area contributed by atoms with Gasteiger partial charge in [0, 0.05) is 28.1 Å². The summed E-state index contributed by atoms with van der Waals surface area (Å²) in [5.41, 5.74) is 13.7. The Balaban J connectivity index is 1.29. The van der Waals surface area contributed by atoms with Crippen LogP contribution in [-0.4, -0.2) is 4.98 Å². The SMILES string of the molecule is C=Cc1ccccc1C(=C)C(=C)/C=C\C(=C)N(c1ccc2c(c1)C(C)(C)c1ccccc1-2)c1ccc2sc(-c3ccccc3)nc2c1. The highest BCUT2D eigenvalue weighted by Gasteiger charge is 2.35. The van der Waals surface area contributed by atoms with Gasteiger partial charge >= 0.3 is 0 Å². The summed E-state index contributed by atoms with van der Waals surface area (Å²) >= 11 is 1.71. The molecule has 0 fully saturated rings. The summed E-state index contributed by atoms with van der Waals surface area (Å²) in [6.45, 7) is 21.9. The third-order valence-corrected chi connectivity index (χ3v) is 10.2. The third kappa shape index (κ3) is 5.39. The van der Waals surface area contributed by atoms with Crippen LogP contribution in [0.4, 0.5) is 11.4 Å². The number of allylic oxidation sites excluding steroid dienone is 4. The zero-order chi connectivity index (χ0) is 32.7. The lowest BCUT2D eigenvalue weighted by Gasteiger charge is -2.28. The number of hydrogen-bond donors (Lipinski definition) is 0. The Hall–Kier alpha value is -5.51. The molecule has 0 unspecified atom stereocenters. The van der Waals surface area contributed by atoms with Crippen LogP contribution >= 0.6 is 11.3 Å². The molecule has 6 aromatic rings. The van der Waals surface area contributed by atoms with Crippen LogP contribution in [0.15, 0.2) is 165 Å². The van der Waals surface area contributed by atoms with E-state index in [1.807, 2.05) is 42.5 Å². The van der Waals surface area contributed by atoms with Crippen molar-refractivity contribution in [1.82, 2.24) is 4.98 Å².